The third-order valence-electron chi connectivity index (χ3n) is 4.79. The highest BCUT2D eigenvalue weighted by molar-refractivity contribution is 6.00. The molecule has 4 rings (SSSR count). The molecule has 2 aromatic heterocycles. The van der Waals surface area contributed by atoms with Crippen LogP contribution in [0.3, 0.4) is 0 Å². The number of anilines is 1. The molecule has 4 aromatic rings. The van der Waals surface area contributed by atoms with E-state index in [9.17, 15) is 18.0 Å². The van der Waals surface area contributed by atoms with Gasteiger partial charge in [0.25, 0.3) is 11.7 Å². The Kier molecular flexibility index (Phi) is 5.76. The number of carbonyl (C=O) groups excluding carboxylic acids is 1. The van der Waals surface area contributed by atoms with Crippen molar-refractivity contribution < 1.29 is 18.0 Å². The van der Waals surface area contributed by atoms with Crippen molar-refractivity contribution in [3.8, 4) is 11.1 Å². The molecule has 2 heterocycles. The maximum Gasteiger partial charge on any atom is 0.416 e. The van der Waals surface area contributed by atoms with Crippen molar-refractivity contribution in [2.75, 3.05) is 18.4 Å². The van der Waals surface area contributed by atoms with E-state index >= 15 is 0 Å². The number of benzene rings is 2. The molecule has 0 saturated heterocycles. The molecule has 2 N–H and O–H groups in total. The second-order valence-corrected chi connectivity index (χ2v) is 7.06. The van der Waals surface area contributed by atoms with Crippen molar-refractivity contribution in [3.63, 3.8) is 0 Å². The predicted molar refractivity (Wildman–Crippen MR) is 113 cm³/mol. The molecule has 0 radical (unpaired) electrons. The molecule has 0 fully saturated rings. The van der Waals surface area contributed by atoms with Crippen molar-refractivity contribution in [1.29, 1.82) is 0 Å². The van der Waals surface area contributed by atoms with Gasteiger partial charge in [-0.1, -0.05) is 30.3 Å². The zero-order valence-electron chi connectivity index (χ0n) is 17.0. The summed E-state index contributed by atoms with van der Waals surface area (Å²) in [5.41, 5.74) is 1.51. The number of halogens is 3. The first-order valence-corrected chi connectivity index (χ1v) is 9.79. The molecule has 0 atom stereocenters. The second-order valence-electron chi connectivity index (χ2n) is 7.06. The normalized spacial score (nSPS) is 11.5. The summed E-state index contributed by atoms with van der Waals surface area (Å²) in [5.74, 6) is 0.852. The molecule has 0 unspecified atom stereocenters. The number of aromatic nitrogens is 4. The SMILES string of the molecule is Cc1cc(NCCNC(=O)c2ccccc2-c2ccc(C(F)(F)F)cc2)n2ncnc2n1. The lowest BCUT2D eigenvalue weighted by Crippen LogP contribution is -2.29. The maximum atomic E-state index is 12.8. The number of rotatable bonds is 6. The average Bonchev–Trinajstić information content (AvgIpc) is 3.24. The first kappa shape index (κ1) is 21.3. The molecule has 164 valence electrons. The lowest BCUT2D eigenvalue weighted by molar-refractivity contribution is -0.137. The third-order valence-corrected chi connectivity index (χ3v) is 4.79. The van der Waals surface area contributed by atoms with Gasteiger partial charge in [0.15, 0.2) is 0 Å². The number of nitrogens with one attached hydrogen (secondary N) is 2. The molecule has 0 saturated carbocycles. The van der Waals surface area contributed by atoms with E-state index in [0.717, 1.165) is 17.8 Å². The largest absolute Gasteiger partial charge is 0.416 e. The minimum atomic E-state index is -4.41. The van der Waals surface area contributed by atoms with Gasteiger partial charge in [-0.25, -0.2) is 4.98 Å². The van der Waals surface area contributed by atoms with Crippen LogP contribution < -0.4 is 10.6 Å². The van der Waals surface area contributed by atoms with Crippen molar-refractivity contribution in [1.82, 2.24) is 24.9 Å². The van der Waals surface area contributed by atoms with Gasteiger partial charge < -0.3 is 10.6 Å². The van der Waals surface area contributed by atoms with Crippen LogP contribution in [0.15, 0.2) is 60.9 Å². The van der Waals surface area contributed by atoms with Gasteiger partial charge in [-0.05, 0) is 36.2 Å². The van der Waals surface area contributed by atoms with Crippen LogP contribution in [0.2, 0.25) is 0 Å². The Labute approximate surface area is 181 Å². The summed E-state index contributed by atoms with van der Waals surface area (Å²) in [7, 11) is 0. The van der Waals surface area contributed by atoms with Gasteiger partial charge in [0.05, 0.1) is 5.56 Å². The first-order chi connectivity index (χ1) is 15.3. The Bertz CT molecular complexity index is 1250. The highest BCUT2D eigenvalue weighted by Gasteiger charge is 2.30. The van der Waals surface area contributed by atoms with Crippen LogP contribution in [-0.4, -0.2) is 38.6 Å². The van der Waals surface area contributed by atoms with Gasteiger partial charge >= 0.3 is 6.18 Å². The van der Waals surface area contributed by atoms with E-state index < -0.39 is 11.7 Å². The molecule has 1 amide bonds. The fourth-order valence-corrected chi connectivity index (χ4v) is 3.29. The Hall–Kier alpha value is -3.95. The Morgan fingerprint density at radius 2 is 1.81 bits per heavy atom. The van der Waals surface area contributed by atoms with Gasteiger partial charge in [0.2, 0.25) is 0 Å². The van der Waals surface area contributed by atoms with Crippen LogP contribution in [0.1, 0.15) is 21.6 Å². The molecular weight excluding hydrogens is 421 g/mol. The first-order valence-electron chi connectivity index (χ1n) is 9.79. The number of carbonyl (C=O) groups is 1. The predicted octanol–water partition coefficient (Wildman–Crippen LogP) is 3.96. The van der Waals surface area contributed by atoms with Crippen LogP contribution >= 0.6 is 0 Å². The summed E-state index contributed by atoms with van der Waals surface area (Å²) in [4.78, 5) is 21.1. The van der Waals surface area contributed by atoms with Crippen LogP contribution in [-0.2, 0) is 6.18 Å². The molecule has 0 aliphatic rings. The summed E-state index contributed by atoms with van der Waals surface area (Å²) < 4.78 is 40.1. The van der Waals surface area contributed by atoms with Gasteiger partial charge in [0.1, 0.15) is 12.1 Å². The third kappa shape index (κ3) is 4.53. The zero-order chi connectivity index (χ0) is 22.7. The van der Waals surface area contributed by atoms with Crippen molar-refractivity contribution in [3.05, 3.63) is 77.7 Å². The summed E-state index contributed by atoms with van der Waals surface area (Å²) in [6, 6.07) is 13.4. The highest BCUT2D eigenvalue weighted by Crippen LogP contribution is 2.31. The van der Waals surface area contributed by atoms with Gasteiger partial charge in [0, 0.05) is 30.4 Å². The number of alkyl halides is 3. The molecule has 0 bridgehead atoms. The number of fused-ring (bicyclic) bond motifs is 1. The molecule has 32 heavy (non-hydrogen) atoms. The monoisotopic (exact) mass is 440 g/mol. The van der Waals surface area contributed by atoms with Gasteiger partial charge in [-0.2, -0.15) is 27.8 Å². The Morgan fingerprint density at radius 1 is 1.06 bits per heavy atom. The average molecular weight is 440 g/mol. The standard InChI is InChI=1S/C22H19F3N6O/c1-14-12-19(31-21(30-14)28-13-29-31)26-10-11-27-20(32)18-5-3-2-4-17(18)15-6-8-16(9-7-15)22(23,24)25/h2-9,12-13,26H,10-11H2,1H3,(H,27,32). The lowest BCUT2D eigenvalue weighted by Gasteiger charge is -2.13. The van der Waals surface area contributed by atoms with E-state index in [1.54, 1.807) is 28.8 Å². The van der Waals surface area contributed by atoms with E-state index in [0.29, 0.717) is 41.4 Å². The lowest BCUT2D eigenvalue weighted by atomic mass is 9.98. The molecule has 10 heteroatoms. The summed E-state index contributed by atoms with van der Waals surface area (Å²) in [6.07, 6.45) is -3.00. The molecule has 0 aliphatic heterocycles. The van der Waals surface area contributed by atoms with E-state index in [4.69, 9.17) is 0 Å². The minimum Gasteiger partial charge on any atom is -0.368 e. The van der Waals surface area contributed by atoms with E-state index in [1.807, 2.05) is 13.0 Å². The summed E-state index contributed by atoms with van der Waals surface area (Å²) in [6.45, 7) is 2.59. The van der Waals surface area contributed by atoms with Crippen molar-refractivity contribution in [2.45, 2.75) is 13.1 Å². The van der Waals surface area contributed by atoms with Crippen molar-refractivity contribution in [2.24, 2.45) is 0 Å². The van der Waals surface area contributed by atoms with Crippen LogP contribution in [0.5, 0.6) is 0 Å². The maximum absolute atomic E-state index is 12.8. The topological polar surface area (TPSA) is 84.2 Å². The second kappa shape index (κ2) is 8.66. The van der Waals surface area contributed by atoms with Crippen molar-refractivity contribution >= 4 is 17.5 Å². The molecule has 2 aromatic carbocycles. The summed E-state index contributed by atoms with van der Waals surface area (Å²) >= 11 is 0. The molecule has 0 aliphatic carbocycles. The van der Waals surface area contributed by atoms with Gasteiger partial charge in [-0.15, -0.1) is 0 Å². The van der Waals surface area contributed by atoms with E-state index in [-0.39, 0.29) is 5.91 Å². The van der Waals surface area contributed by atoms with Crippen LogP contribution in [0, 0.1) is 6.92 Å². The molecule has 0 spiro atoms. The highest BCUT2D eigenvalue weighted by atomic mass is 19.4. The fourth-order valence-electron chi connectivity index (χ4n) is 3.29. The number of aryl methyl sites for hydroxylation is 1. The fraction of sp³-hybridized carbons (Fsp3) is 0.182. The number of amides is 1. The van der Waals surface area contributed by atoms with Gasteiger partial charge in [-0.3, -0.25) is 4.79 Å². The van der Waals surface area contributed by atoms with E-state index in [1.165, 1.54) is 18.5 Å². The Balaban J connectivity index is 1.42. The van der Waals surface area contributed by atoms with E-state index in [2.05, 4.69) is 25.7 Å². The van der Waals surface area contributed by atoms with Crippen LogP contribution in [0.25, 0.3) is 16.9 Å². The quantitative estimate of drug-likeness (QED) is 0.444. The summed E-state index contributed by atoms with van der Waals surface area (Å²) in [5, 5.41) is 10.1. The smallest absolute Gasteiger partial charge is 0.368 e. The number of hydrogen-bond acceptors (Lipinski definition) is 5. The minimum absolute atomic E-state index is 0.317. The van der Waals surface area contributed by atoms with Crippen LogP contribution in [0.4, 0.5) is 19.0 Å². The number of nitrogens with zero attached hydrogens (tertiary/aromatic N) is 4. The molecule has 7 nitrogen and oxygen atoms in total. The zero-order valence-corrected chi connectivity index (χ0v) is 17.0. The number of hydrogen-bond donors (Lipinski definition) is 2. The Morgan fingerprint density at radius 3 is 2.56 bits per heavy atom. The molecular formula is C22H19F3N6O.